The van der Waals surface area contributed by atoms with Gasteiger partial charge in [0.2, 0.25) is 0 Å². The molecule has 2 aromatic carbocycles. The number of methoxy groups -OCH3 is 1. The van der Waals surface area contributed by atoms with Crippen molar-refractivity contribution in [2.45, 2.75) is 38.3 Å². The fraction of sp³-hybridized carbons (Fsp3) is 0.333. The third-order valence-electron chi connectivity index (χ3n) is 5.28. The molecule has 3 unspecified atom stereocenters. The fourth-order valence-corrected chi connectivity index (χ4v) is 3.89. The van der Waals surface area contributed by atoms with Crippen molar-refractivity contribution >= 4 is 11.0 Å². The molecule has 3 N–H and O–H groups in total. The average Bonchev–Trinajstić information content (AvgIpc) is 3.24. The minimum atomic E-state index is -0.0956. The predicted octanol–water partition coefficient (Wildman–Crippen LogP) is 4.03. The Hall–Kier alpha value is -2.50. The third kappa shape index (κ3) is 2.73. The summed E-state index contributed by atoms with van der Waals surface area (Å²) in [6.07, 6.45) is 0.835. The lowest BCUT2D eigenvalue weighted by Gasteiger charge is -2.21. The molecule has 1 saturated heterocycles. The number of benzene rings is 2. The Morgan fingerprint density at radius 1 is 1.15 bits per heavy atom. The second-order valence-electron chi connectivity index (χ2n) is 6.84. The Balaban J connectivity index is 1.78. The molecule has 1 aromatic heterocycles. The number of fused-ring (bicyclic) bond motifs is 1. The zero-order chi connectivity index (χ0) is 18.3. The normalized spacial score (nSPS) is 22.8. The maximum atomic E-state index is 10.6. The van der Waals surface area contributed by atoms with Crippen LogP contribution in [0.4, 0.5) is 0 Å². The van der Waals surface area contributed by atoms with E-state index in [1.54, 1.807) is 13.2 Å². The smallest absolute Gasteiger partial charge is 0.134 e. The van der Waals surface area contributed by atoms with Crippen LogP contribution in [-0.2, 0) is 6.42 Å². The van der Waals surface area contributed by atoms with Crippen LogP contribution in [0.2, 0.25) is 0 Å². The predicted molar refractivity (Wildman–Crippen MR) is 101 cm³/mol. The number of phenolic OH excluding ortho intramolecular Hbond substituents is 1. The summed E-state index contributed by atoms with van der Waals surface area (Å²) in [5.41, 5.74) is 9.45. The summed E-state index contributed by atoms with van der Waals surface area (Å²) in [6, 6.07) is 13.9. The van der Waals surface area contributed by atoms with Crippen LogP contribution < -0.4 is 15.6 Å². The first-order chi connectivity index (χ1) is 12.6. The highest BCUT2D eigenvalue weighted by Gasteiger charge is 2.39. The summed E-state index contributed by atoms with van der Waals surface area (Å²) >= 11 is 0. The molecule has 1 aliphatic heterocycles. The van der Waals surface area contributed by atoms with Crippen molar-refractivity contribution in [3.63, 3.8) is 0 Å². The minimum Gasteiger partial charge on any atom is -0.507 e. The Kier molecular flexibility index (Phi) is 4.34. The standard InChI is InChI=1S/C21H24N2O3/c1-4-13-9-15(16(24)11-18(13)25-3)21-20(12(2)22-23-21)19-10-14-7-5-6-8-17(14)26-19/h5-12,20-24H,4H2,1-3H3. The van der Waals surface area contributed by atoms with E-state index in [2.05, 4.69) is 36.8 Å². The first-order valence-electron chi connectivity index (χ1n) is 9.01. The van der Waals surface area contributed by atoms with Crippen LogP contribution in [0, 0.1) is 0 Å². The van der Waals surface area contributed by atoms with Gasteiger partial charge in [-0.2, -0.15) is 0 Å². The summed E-state index contributed by atoms with van der Waals surface area (Å²) in [6.45, 7) is 4.20. The average molecular weight is 352 g/mol. The Labute approximate surface area is 152 Å². The van der Waals surface area contributed by atoms with Gasteiger partial charge >= 0.3 is 0 Å². The van der Waals surface area contributed by atoms with Gasteiger partial charge in [-0.25, -0.2) is 5.43 Å². The molecule has 0 spiro atoms. The van der Waals surface area contributed by atoms with Crippen molar-refractivity contribution in [3.05, 3.63) is 59.4 Å². The molecule has 136 valence electrons. The van der Waals surface area contributed by atoms with Crippen LogP contribution in [0.25, 0.3) is 11.0 Å². The van der Waals surface area contributed by atoms with Crippen LogP contribution in [0.3, 0.4) is 0 Å². The van der Waals surface area contributed by atoms with Crippen molar-refractivity contribution in [1.82, 2.24) is 10.9 Å². The van der Waals surface area contributed by atoms with Gasteiger partial charge in [0.25, 0.3) is 0 Å². The highest BCUT2D eigenvalue weighted by molar-refractivity contribution is 5.78. The summed E-state index contributed by atoms with van der Waals surface area (Å²) in [7, 11) is 1.63. The largest absolute Gasteiger partial charge is 0.507 e. The van der Waals surface area contributed by atoms with Gasteiger partial charge in [0, 0.05) is 23.1 Å². The Morgan fingerprint density at radius 3 is 2.69 bits per heavy atom. The van der Waals surface area contributed by atoms with Crippen LogP contribution in [0.1, 0.15) is 42.7 Å². The van der Waals surface area contributed by atoms with Crippen LogP contribution in [0.15, 0.2) is 46.9 Å². The van der Waals surface area contributed by atoms with E-state index in [1.807, 2.05) is 24.3 Å². The summed E-state index contributed by atoms with van der Waals surface area (Å²) in [4.78, 5) is 0. The Morgan fingerprint density at radius 2 is 1.96 bits per heavy atom. The van der Waals surface area contributed by atoms with E-state index in [-0.39, 0.29) is 23.8 Å². The molecule has 5 nitrogen and oxygen atoms in total. The van der Waals surface area contributed by atoms with Crippen molar-refractivity contribution in [3.8, 4) is 11.5 Å². The zero-order valence-electron chi connectivity index (χ0n) is 15.2. The SMILES string of the molecule is CCc1cc(C2NNC(C)C2c2cc3ccccc3o2)c(O)cc1OC. The van der Waals surface area contributed by atoms with Gasteiger partial charge in [0.15, 0.2) is 0 Å². The van der Waals surface area contributed by atoms with E-state index in [9.17, 15) is 5.11 Å². The summed E-state index contributed by atoms with van der Waals surface area (Å²) in [5.74, 6) is 1.92. The highest BCUT2D eigenvalue weighted by atomic mass is 16.5. The van der Waals surface area contributed by atoms with Crippen molar-refractivity contribution in [1.29, 1.82) is 0 Å². The van der Waals surface area contributed by atoms with E-state index in [0.29, 0.717) is 5.75 Å². The molecule has 0 aliphatic carbocycles. The first-order valence-corrected chi connectivity index (χ1v) is 9.01. The molecule has 2 heterocycles. The van der Waals surface area contributed by atoms with E-state index < -0.39 is 0 Å². The second kappa shape index (κ2) is 6.67. The van der Waals surface area contributed by atoms with E-state index >= 15 is 0 Å². The molecule has 0 radical (unpaired) electrons. The Bertz CT molecular complexity index is 901. The monoisotopic (exact) mass is 352 g/mol. The minimum absolute atomic E-state index is 0.0615. The van der Waals surface area contributed by atoms with Gasteiger partial charge < -0.3 is 14.3 Å². The molecule has 0 saturated carbocycles. The van der Waals surface area contributed by atoms with Gasteiger partial charge in [-0.15, -0.1) is 0 Å². The number of para-hydroxylation sites is 1. The number of ether oxygens (including phenoxy) is 1. The molecule has 5 heteroatoms. The van der Waals surface area contributed by atoms with Gasteiger partial charge in [-0.05, 0) is 37.1 Å². The fourth-order valence-electron chi connectivity index (χ4n) is 3.89. The number of aryl methyl sites for hydroxylation is 1. The lowest BCUT2D eigenvalue weighted by atomic mass is 9.86. The van der Waals surface area contributed by atoms with Crippen molar-refractivity contribution in [2.24, 2.45) is 0 Å². The summed E-state index contributed by atoms with van der Waals surface area (Å²) in [5, 5.41) is 11.7. The van der Waals surface area contributed by atoms with Crippen LogP contribution in [-0.4, -0.2) is 18.3 Å². The van der Waals surface area contributed by atoms with Gasteiger partial charge in [-0.3, -0.25) is 5.43 Å². The molecular formula is C21H24N2O3. The maximum absolute atomic E-state index is 10.6. The lowest BCUT2D eigenvalue weighted by molar-refractivity contribution is 0.395. The third-order valence-corrected chi connectivity index (χ3v) is 5.28. The zero-order valence-corrected chi connectivity index (χ0v) is 15.2. The van der Waals surface area contributed by atoms with Gasteiger partial charge in [0.05, 0.1) is 19.1 Å². The molecule has 0 bridgehead atoms. The molecular weight excluding hydrogens is 328 g/mol. The molecule has 0 amide bonds. The molecule has 3 aromatic rings. The number of rotatable bonds is 4. The summed E-state index contributed by atoms with van der Waals surface area (Å²) < 4.78 is 11.5. The number of phenols is 1. The quantitative estimate of drug-likeness (QED) is 0.661. The highest BCUT2D eigenvalue weighted by Crippen LogP contribution is 2.43. The van der Waals surface area contributed by atoms with Crippen LogP contribution in [0.5, 0.6) is 11.5 Å². The number of hydrazine groups is 1. The molecule has 4 rings (SSSR count). The van der Waals surface area contributed by atoms with Crippen molar-refractivity contribution < 1.29 is 14.3 Å². The van der Waals surface area contributed by atoms with Crippen LogP contribution >= 0.6 is 0 Å². The molecule has 1 aliphatic rings. The number of furan rings is 1. The number of hydrogen-bond acceptors (Lipinski definition) is 5. The van der Waals surface area contributed by atoms with Gasteiger partial charge in [0.1, 0.15) is 22.8 Å². The molecule has 3 atom stereocenters. The van der Waals surface area contributed by atoms with E-state index in [1.165, 1.54) is 0 Å². The van der Waals surface area contributed by atoms with Crippen molar-refractivity contribution in [2.75, 3.05) is 7.11 Å². The maximum Gasteiger partial charge on any atom is 0.134 e. The second-order valence-corrected chi connectivity index (χ2v) is 6.84. The van der Waals surface area contributed by atoms with E-state index in [4.69, 9.17) is 9.15 Å². The van der Waals surface area contributed by atoms with Gasteiger partial charge in [-0.1, -0.05) is 25.1 Å². The van der Waals surface area contributed by atoms with E-state index in [0.717, 1.165) is 34.3 Å². The molecule has 1 fully saturated rings. The number of nitrogens with one attached hydrogen (secondary N) is 2. The topological polar surface area (TPSA) is 66.7 Å². The number of hydrogen-bond donors (Lipinski definition) is 3. The molecule has 26 heavy (non-hydrogen) atoms. The first kappa shape index (κ1) is 16.9. The number of aromatic hydroxyl groups is 1. The lowest BCUT2D eigenvalue weighted by Crippen LogP contribution is -2.29.